The molecule has 0 aromatic heterocycles. The van der Waals surface area contributed by atoms with Gasteiger partial charge in [0, 0.05) is 0 Å². The zero-order valence-corrected chi connectivity index (χ0v) is 8.26. The molecule has 0 radical (unpaired) electrons. The summed E-state index contributed by atoms with van der Waals surface area (Å²) in [6.07, 6.45) is 0.874. The van der Waals surface area contributed by atoms with Gasteiger partial charge in [-0.1, -0.05) is 13.8 Å². The van der Waals surface area contributed by atoms with Crippen LogP contribution < -0.4 is 0 Å². The van der Waals surface area contributed by atoms with E-state index in [4.69, 9.17) is 0 Å². The molecule has 72 valence electrons. The van der Waals surface area contributed by atoms with E-state index in [9.17, 15) is 9.50 Å². The number of benzene rings is 1. The van der Waals surface area contributed by atoms with Gasteiger partial charge in [-0.2, -0.15) is 0 Å². The molecular weight excluding hydrogens is 167 g/mol. The Morgan fingerprint density at radius 2 is 2.08 bits per heavy atom. The number of phenols is 1. The second-order valence-electron chi connectivity index (χ2n) is 3.47. The van der Waals surface area contributed by atoms with Crippen molar-refractivity contribution in [1.82, 2.24) is 0 Å². The van der Waals surface area contributed by atoms with E-state index in [-0.39, 0.29) is 17.5 Å². The molecular formula is C11H15FO. The highest BCUT2D eigenvalue weighted by atomic mass is 19.1. The summed E-state index contributed by atoms with van der Waals surface area (Å²) in [4.78, 5) is 0. The first-order valence-electron chi connectivity index (χ1n) is 4.55. The van der Waals surface area contributed by atoms with Gasteiger partial charge in [-0.05, 0) is 42.5 Å². The molecule has 0 aliphatic heterocycles. The van der Waals surface area contributed by atoms with Gasteiger partial charge in [-0.3, -0.25) is 0 Å². The summed E-state index contributed by atoms with van der Waals surface area (Å²) < 4.78 is 13.4. The van der Waals surface area contributed by atoms with Crippen LogP contribution in [0.3, 0.4) is 0 Å². The number of aryl methyl sites for hydroxylation is 1. The van der Waals surface area contributed by atoms with Crippen LogP contribution in [0.15, 0.2) is 12.1 Å². The number of phenolic OH excluding ortho intramolecular Hbond substituents is 1. The highest BCUT2D eigenvalue weighted by Crippen LogP contribution is 2.27. The topological polar surface area (TPSA) is 20.2 Å². The summed E-state index contributed by atoms with van der Waals surface area (Å²) in [5, 5.41) is 9.40. The van der Waals surface area contributed by atoms with Gasteiger partial charge < -0.3 is 5.11 Å². The fourth-order valence-corrected chi connectivity index (χ4v) is 1.27. The Hall–Kier alpha value is -1.05. The number of hydrogen-bond donors (Lipinski definition) is 1. The van der Waals surface area contributed by atoms with Crippen molar-refractivity contribution in [2.75, 3.05) is 0 Å². The molecule has 0 bridgehead atoms. The lowest BCUT2D eigenvalue weighted by molar-refractivity contribution is 0.465. The van der Waals surface area contributed by atoms with Gasteiger partial charge in [-0.25, -0.2) is 4.39 Å². The van der Waals surface area contributed by atoms with E-state index >= 15 is 0 Å². The van der Waals surface area contributed by atoms with Gasteiger partial charge in [-0.15, -0.1) is 0 Å². The van der Waals surface area contributed by atoms with Crippen molar-refractivity contribution in [1.29, 1.82) is 0 Å². The zero-order chi connectivity index (χ0) is 10.0. The summed E-state index contributed by atoms with van der Waals surface area (Å²) in [7, 11) is 0. The maximum atomic E-state index is 13.4. The SMILES string of the molecule is CCC(C)c1cc(O)c(C)cc1F. The van der Waals surface area contributed by atoms with Crippen LogP contribution in [0.1, 0.15) is 37.3 Å². The minimum Gasteiger partial charge on any atom is -0.508 e. The molecule has 0 aliphatic carbocycles. The van der Waals surface area contributed by atoms with Crippen LogP contribution in [-0.2, 0) is 0 Å². The van der Waals surface area contributed by atoms with E-state index in [1.807, 2.05) is 13.8 Å². The van der Waals surface area contributed by atoms with Crippen LogP contribution in [0.2, 0.25) is 0 Å². The molecule has 0 heterocycles. The lowest BCUT2D eigenvalue weighted by Crippen LogP contribution is -1.96. The van der Waals surface area contributed by atoms with Crippen LogP contribution in [0.4, 0.5) is 4.39 Å². The van der Waals surface area contributed by atoms with E-state index < -0.39 is 0 Å². The maximum absolute atomic E-state index is 13.4. The maximum Gasteiger partial charge on any atom is 0.127 e. The van der Waals surface area contributed by atoms with Crippen molar-refractivity contribution >= 4 is 0 Å². The highest BCUT2D eigenvalue weighted by Gasteiger charge is 2.11. The molecule has 1 N–H and O–H groups in total. The lowest BCUT2D eigenvalue weighted by Gasteiger charge is -2.11. The Labute approximate surface area is 78.2 Å². The zero-order valence-electron chi connectivity index (χ0n) is 8.26. The molecule has 0 saturated carbocycles. The first kappa shape index (κ1) is 10.0. The molecule has 0 fully saturated rings. The quantitative estimate of drug-likeness (QED) is 0.743. The Kier molecular flexibility index (Phi) is 2.91. The number of aromatic hydroxyl groups is 1. The minimum absolute atomic E-state index is 0.159. The van der Waals surface area contributed by atoms with E-state index in [0.29, 0.717) is 11.1 Å². The molecule has 1 nitrogen and oxygen atoms in total. The fraction of sp³-hybridized carbons (Fsp3) is 0.455. The molecule has 1 atom stereocenters. The van der Waals surface area contributed by atoms with Gasteiger partial charge in [0.25, 0.3) is 0 Å². The molecule has 1 rings (SSSR count). The van der Waals surface area contributed by atoms with Gasteiger partial charge in [0.05, 0.1) is 0 Å². The van der Waals surface area contributed by atoms with Crippen molar-refractivity contribution in [2.45, 2.75) is 33.1 Å². The van der Waals surface area contributed by atoms with Crippen molar-refractivity contribution in [2.24, 2.45) is 0 Å². The minimum atomic E-state index is -0.218. The highest BCUT2D eigenvalue weighted by molar-refractivity contribution is 5.37. The van der Waals surface area contributed by atoms with Crippen molar-refractivity contribution in [3.63, 3.8) is 0 Å². The summed E-state index contributed by atoms with van der Waals surface area (Å²) in [6, 6.07) is 2.91. The summed E-state index contributed by atoms with van der Waals surface area (Å²) in [5.74, 6) is 0.118. The predicted octanol–water partition coefficient (Wildman–Crippen LogP) is 3.35. The summed E-state index contributed by atoms with van der Waals surface area (Å²) in [6.45, 7) is 5.65. The second-order valence-corrected chi connectivity index (χ2v) is 3.47. The standard InChI is InChI=1S/C11H15FO/c1-4-7(2)9-6-11(13)8(3)5-10(9)12/h5-7,13H,4H2,1-3H3. The van der Waals surface area contributed by atoms with Gasteiger partial charge >= 0.3 is 0 Å². The van der Waals surface area contributed by atoms with Crippen LogP contribution in [0.5, 0.6) is 5.75 Å². The number of rotatable bonds is 2. The van der Waals surface area contributed by atoms with E-state index in [1.165, 1.54) is 12.1 Å². The normalized spacial score (nSPS) is 12.9. The van der Waals surface area contributed by atoms with Gasteiger partial charge in [0.1, 0.15) is 11.6 Å². The fourth-order valence-electron chi connectivity index (χ4n) is 1.27. The lowest BCUT2D eigenvalue weighted by atomic mass is 9.96. The molecule has 0 aliphatic rings. The molecule has 1 aromatic rings. The van der Waals surface area contributed by atoms with Crippen LogP contribution in [0.25, 0.3) is 0 Å². The Morgan fingerprint density at radius 3 is 2.62 bits per heavy atom. The predicted molar refractivity (Wildman–Crippen MR) is 51.5 cm³/mol. The molecule has 13 heavy (non-hydrogen) atoms. The molecule has 0 saturated heterocycles. The first-order chi connectivity index (χ1) is 6.06. The van der Waals surface area contributed by atoms with Crippen LogP contribution in [0, 0.1) is 12.7 Å². The van der Waals surface area contributed by atoms with Gasteiger partial charge in [0.2, 0.25) is 0 Å². The largest absolute Gasteiger partial charge is 0.508 e. The van der Waals surface area contributed by atoms with Crippen LogP contribution >= 0.6 is 0 Å². The van der Waals surface area contributed by atoms with E-state index in [2.05, 4.69) is 0 Å². The Balaban J connectivity index is 3.15. The van der Waals surface area contributed by atoms with Crippen molar-refractivity contribution in [3.8, 4) is 5.75 Å². The van der Waals surface area contributed by atoms with Gasteiger partial charge in [0.15, 0.2) is 0 Å². The molecule has 0 spiro atoms. The third-order valence-corrected chi connectivity index (χ3v) is 2.46. The molecule has 1 unspecified atom stereocenters. The summed E-state index contributed by atoms with van der Waals surface area (Å²) >= 11 is 0. The van der Waals surface area contributed by atoms with E-state index in [1.54, 1.807) is 6.92 Å². The Bertz CT molecular complexity index is 307. The van der Waals surface area contributed by atoms with Crippen molar-refractivity contribution in [3.05, 3.63) is 29.1 Å². The number of hydrogen-bond acceptors (Lipinski definition) is 1. The number of halogens is 1. The average molecular weight is 182 g/mol. The van der Waals surface area contributed by atoms with E-state index in [0.717, 1.165) is 6.42 Å². The molecule has 2 heteroatoms. The third-order valence-electron chi connectivity index (χ3n) is 2.46. The summed E-state index contributed by atoms with van der Waals surface area (Å²) in [5.41, 5.74) is 1.19. The average Bonchev–Trinajstić information content (AvgIpc) is 2.10. The van der Waals surface area contributed by atoms with Crippen molar-refractivity contribution < 1.29 is 9.50 Å². The smallest absolute Gasteiger partial charge is 0.127 e. The van der Waals surface area contributed by atoms with Crippen LogP contribution in [-0.4, -0.2) is 5.11 Å². The Morgan fingerprint density at radius 1 is 1.46 bits per heavy atom. The molecule has 1 aromatic carbocycles. The monoisotopic (exact) mass is 182 g/mol. The molecule has 0 amide bonds. The third kappa shape index (κ3) is 2.00. The first-order valence-corrected chi connectivity index (χ1v) is 4.55. The second kappa shape index (κ2) is 3.77.